The van der Waals surface area contributed by atoms with Gasteiger partial charge in [-0.2, -0.15) is 0 Å². The molecule has 7 fully saturated rings. The van der Waals surface area contributed by atoms with E-state index in [9.17, 15) is 112 Å². The zero-order valence-corrected chi connectivity index (χ0v) is 40.4. The monoisotopic (exact) mass is 1140 g/mol. The van der Waals surface area contributed by atoms with Gasteiger partial charge in [-0.05, 0) is 0 Å². The van der Waals surface area contributed by atoms with Crippen LogP contribution in [0.2, 0.25) is 0 Å². The smallest absolute Gasteiger partial charge is 0.187 e. The quantitative estimate of drug-likeness (QED) is 0.0571. The van der Waals surface area contributed by atoms with Gasteiger partial charge in [0.2, 0.25) is 0 Å². The highest BCUT2D eigenvalue weighted by molar-refractivity contribution is 4.99. The Labute approximate surface area is 435 Å². The number of rotatable bonds is 19. The molecular formula is C42H72O35. The van der Waals surface area contributed by atoms with E-state index in [1.165, 1.54) is 0 Å². The summed E-state index contributed by atoms with van der Waals surface area (Å²) in [4.78, 5) is 0. The summed E-state index contributed by atoms with van der Waals surface area (Å²) in [6, 6.07) is 0. The largest absolute Gasteiger partial charge is 0.394 e. The second-order valence-corrected chi connectivity index (χ2v) is 19.5. The minimum atomic E-state index is -2.16. The fourth-order valence-electron chi connectivity index (χ4n) is 9.70. The van der Waals surface area contributed by atoms with Crippen molar-refractivity contribution >= 4 is 0 Å². The minimum Gasteiger partial charge on any atom is -0.394 e. The van der Waals surface area contributed by atoms with Gasteiger partial charge in [0.1, 0.15) is 171 Å². The van der Waals surface area contributed by atoms with Gasteiger partial charge in [0, 0.05) is 0 Å². The topological polar surface area (TPSA) is 565 Å². The van der Waals surface area contributed by atoms with Gasteiger partial charge in [-0.15, -0.1) is 0 Å². The minimum absolute atomic E-state index is 0.684. The molecule has 7 rings (SSSR count). The van der Waals surface area contributed by atoms with Gasteiger partial charge in [0.05, 0.1) is 52.9 Å². The fourth-order valence-corrected chi connectivity index (χ4v) is 9.70. The molecule has 7 heterocycles. The lowest BCUT2D eigenvalue weighted by molar-refractivity contribution is -0.400. The van der Waals surface area contributed by atoms with Crippen LogP contribution in [0.3, 0.4) is 0 Å². The molecule has 34 atom stereocenters. The molecule has 0 aromatic carbocycles. The molecule has 0 aromatic heterocycles. The molecule has 0 spiro atoms. The van der Waals surface area contributed by atoms with Crippen molar-refractivity contribution in [3.05, 3.63) is 0 Å². The molecule has 0 aliphatic carbocycles. The van der Waals surface area contributed by atoms with Crippen LogP contribution in [0.25, 0.3) is 0 Å². The summed E-state index contributed by atoms with van der Waals surface area (Å²) in [6.07, 6.45) is -64.8. The molecule has 0 aromatic rings. The van der Waals surface area contributed by atoms with Crippen LogP contribution in [0.4, 0.5) is 0 Å². The van der Waals surface area contributed by atoms with E-state index in [0.29, 0.717) is 0 Å². The maximum Gasteiger partial charge on any atom is 0.187 e. The zero-order chi connectivity index (χ0) is 56.5. The first-order valence-electron chi connectivity index (χ1n) is 24.5. The molecular weight excluding hydrogens is 1060 g/mol. The van der Waals surface area contributed by atoms with Crippen LogP contribution >= 0.6 is 0 Å². The first kappa shape index (κ1) is 63.2. The van der Waals surface area contributed by atoms with Crippen LogP contribution in [0.5, 0.6) is 0 Å². The van der Waals surface area contributed by atoms with Crippen LogP contribution in [0.15, 0.2) is 0 Å². The number of hydrogen-bond acceptors (Lipinski definition) is 35. The number of hydrogen-bond donors (Lipinski definition) is 22. The first-order valence-corrected chi connectivity index (χ1v) is 24.5. The Balaban J connectivity index is 1.08. The SMILES string of the molecule is OC[C@H]1O[C@@H](OC[C@H]2O[C@@H](OC[C@H]3OC[C@@H](O)[C@@H](O[C@H]4O[C@H](CO)[C@@H](O)[C@H](O)[C@@H]4O[C@H]4O[C@H](CO)[C@@H](O)[C@H](O)[C@@H]4O[C@H]4O[C@H](CO)[C@@H](O)[C@H](O)[C@@H]4O)[C@@H]3O)[C@@H](O)[C@@H](O[C@H]3O[C@H](CO)[C@@H](O)[C@H](O)[C@@H]3O)[C@@H]2O)[C@@H](O)[C@@H](O)[C@@H]1O. The fraction of sp³-hybridized carbons (Fsp3) is 1.00. The van der Waals surface area contributed by atoms with E-state index in [0.717, 1.165) is 0 Å². The van der Waals surface area contributed by atoms with E-state index < -0.39 is 262 Å². The van der Waals surface area contributed by atoms with Crippen LogP contribution < -0.4 is 0 Å². The molecule has 35 heteroatoms. The summed E-state index contributed by atoms with van der Waals surface area (Å²) in [5.41, 5.74) is 0. The highest BCUT2D eigenvalue weighted by atomic mass is 16.8. The highest BCUT2D eigenvalue weighted by Gasteiger charge is 2.57. The van der Waals surface area contributed by atoms with Gasteiger partial charge in [-0.1, -0.05) is 0 Å². The van der Waals surface area contributed by atoms with E-state index in [-0.39, 0.29) is 0 Å². The van der Waals surface area contributed by atoms with Gasteiger partial charge in [-0.3, -0.25) is 0 Å². The van der Waals surface area contributed by atoms with Crippen molar-refractivity contribution in [1.82, 2.24) is 0 Å². The Hall–Kier alpha value is -1.40. The van der Waals surface area contributed by atoms with Crippen molar-refractivity contribution in [3.63, 3.8) is 0 Å². The van der Waals surface area contributed by atoms with E-state index in [4.69, 9.17) is 61.6 Å². The molecule has 0 bridgehead atoms. The summed E-state index contributed by atoms with van der Waals surface area (Å²) in [5.74, 6) is 0. The second kappa shape index (κ2) is 27.3. The van der Waals surface area contributed by atoms with Crippen molar-refractivity contribution in [3.8, 4) is 0 Å². The number of ether oxygens (including phenoxy) is 13. The van der Waals surface area contributed by atoms with Crippen molar-refractivity contribution in [2.75, 3.05) is 52.9 Å². The Kier molecular flexibility index (Phi) is 22.4. The zero-order valence-electron chi connectivity index (χ0n) is 40.4. The molecule has 450 valence electrons. The molecule has 0 radical (unpaired) electrons. The lowest BCUT2D eigenvalue weighted by atomic mass is 9.96. The first-order chi connectivity index (χ1) is 36.5. The van der Waals surface area contributed by atoms with Crippen molar-refractivity contribution < 1.29 is 174 Å². The van der Waals surface area contributed by atoms with Crippen LogP contribution in [0, 0.1) is 0 Å². The summed E-state index contributed by atoms with van der Waals surface area (Å²) < 4.78 is 73.5. The van der Waals surface area contributed by atoms with Crippen molar-refractivity contribution in [1.29, 1.82) is 0 Å². The Morgan fingerprint density at radius 3 is 0.987 bits per heavy atom. The maximum absolute atomic E-state index is 11.7. The molecule has 22 N–H and O–H groups in total. The maximum atomic E-state index is 11.7. The standard InChI is InChI=1S/C42H72O35/c43-1-10-17(49)24(56)29(61)37(68-10)67-8-16-23(55)34(75-39-30(62)25(57)18(50)11(2-44)69-39)32(64)38(73-16)66-7-15-22(54)33(9(48)6-65-15)74-41-36(28(60)21(53)13(4-46)71-41)77-42-35(27(59)20(52)14(5-47)72-42)76-40-31(63)26(58)19(51)12(3-45)70-40/h9-64H,1-8H2/t9-,10-,11-,12-,13-,14-,15-,16-,17-,18-,19-,20-,21-,22-,23-,24+,25+,26+,27+,28+,29+,30+,31+,32+,33-,34+,35+,36+,37-,38-,39-,40-,41-,42-/m1/s1. The van der Waals surface area contributed by atoms with E-state index >= 15 is 0 Å². The van der Waals surface area contributed by atoms with E-state index in [2.05, 4.69) is 0 Å². The number of aliphatic hydroxyl groups excluding tert-OH is 22. The van der Waals surface area contributed by atoms with Crippen LogP contribution in [-0.4, -0.2) is 374 Å². The normalized spacial score (nSPS) is 53.1. The molecule has 35 nitrogen and oxygen atoms in total. The molecule has 0 amide bonds. The summed E-state index contributed by atoms with van der Waals surface area (Å²) in [7, 11) is 0. The van der Waals surface area contributed by atoms with Gasteiger partial charge in [0.25, 0.3) is 0 Å². The van der Waals surface area contributed by atoms with Crippen LogP contribution in [-0.2, 0) is 61.6 Å². The Morgan fingerprint density at radius 1 is 0.260 bits per heavy atom. The third-order valence-corrected chi connectivity index (χ3v) is 14.4. The molecule has 77 heavy (non-hydrogen) atoms. The third kappa shape index (κ3) is 13.4. The molecule has 7 saturated heterocycles. The van der Waals surface area contributed by atoms with Gasteiger partial charge in [-0.25, -0.2) is 0 Å². The van der Waals surface area contributed by atoms with E-state index in [1.807, 2.05) is 0 Å². The predicted octanol–water partition coefficient (Wildman–Crippen LogP) is -15.6. The second-order valence-electron chi connectivity index (χ2n) is 19.5. The molecule has 7 aliphatic heterocycles. The molecule has 0 unspecified atom stereocenters. The Morgan fingerprint density at radius 2 is 0.558 bits per heavy atom. The highest BCUT2D eigenvalue weighted by Crippen LogP contribution is 2.36. The average molecular weight is 1140 g/mol. The predicted molar refractivity (Wildman–Crippen MR) is 231 cm³/mol. The third-order valence-electron chi connectivity index (χ3n) is 14.4. The molecule has 0 saturated carbocycles. The lowest BCUT2D eigenvalue weighted by Crippen LogP contribution is -2.67. The summed E-state index contributed by atoms with van der Waals surface area (Å²) in [5, 5.41) is 233. The summed E-state index contributed by atoms with van der Waals surface area (Å²) >= 11 is 0. The molecule has 7 aliphatic rings. The Bertz CT molecular complexity index is 1780. The van der Waals surface area contributed by atoms with Gasteiger partial charge in [0.15, 0.2) is 37.7 Å². The van der Waals surface area contributed by atoms with Crippen molar-refractivity contribution in [2.24, 2.45) is 0 Å². The lowest BCUT2D eigenvalue weighted by Gasteiger charge is -2.49. The van der Waals surface area contributed by atoms with E-state index in [1.54, 1.807) is 0 Å². The van der Waals surface area contributed by atoms with Gasteiger partial charge < -0.3 is 174 Å². The van der Waals surface area contributed by atoms with Gasteiger partial charge >= 0.3 is 0 Å². The van der Waals surface area contributed by atoms with Crippen LogP contribution in [0.1, 0.15) is 0 Å². The summed E-state index contributed by atoms with van der Waals surface area (Å²) in [6.45, 7) is -6.98. The number of aliphatic hydroxyl groups is 22. The van der Waals surface area contributed by atoms with Crippen molar-refractivity contribution in [2.45, 2.75) is 209 Å². The average Bonchev–Trinajstić information content (AvgIpc) is 3.42.